The minimum Gasteiger partial charge on any atom is -0.452 e. The van der Waals surface area contributed by atoms with Crippen molar-refractivity contribution in [3.63, 3.8) is 0 Å². The summed E-state index contributed by atoms with van der Waals surface area (Å²) in [5.41, 5.74) is 3.03. The van der Waals surface area contributed by atoms with Crippen LogP contribution in [0.4, 0.5) is 5.69 Å². The van der Waals surface area contributed by atoms with E-state index < -0.39 is 11.9 Å². The van der Waals surface area contributed by atoms with Gasteiger partial charge in [-0.25, -0.2) is 4.79 Å². The van der Waals surface area contributed by atoms with Crippen LogP contribution in [-0.4, -0.2) is 23.5 Å². The molecule has 0 aliphatic carbocycles. The van der Waals surface area contributed by atoms with Crippen LogP contribution in [0.1, 0.15) is 11.1 Å². The summed E-state index contributed by atoms with van der Waals surface area (Å²) in [6.45, 7) is 1.46. The van der Waals surface area contributed by atoms with Gasteiger partial charge < -0.3 is 10.1 Å². The number of hydrogen-bond acceptors (Lipinski definition) is 4. The zero-order valence-electron chi connectivity index (χ0n) is 14.6. The van der Waals surface area contributed by atoms with Crippen LogP contribution in [-0.2, 0) is 14.3 Å². The highest BCUT2D eigenvalue weighted by Gasteiger charge is 2.08. The van der Waals surface area contributed by atoms with Crippen LogP contribution in [0.3, 0.4) is 0 Å². The fraction of sp³-hybridized carbons (Fsp3) is 0.0952. The van der Waals surface area contributed by atoms with Gasteiger partial charge in [0.25, 0.3) is 5.91 Å². The number of hydrogen-bond donors (Lipinski definition) is 1. The van der Waals surface area contributed by atoms with E-state index in [9.17, 15) is 9.59 Å². The van der Waals surface area contributed by atoms with E-state index in [1.807, 2.05) is 37.3 Å². The van der Waals surface area contributed by atoms with E-state index >= 15 is 0 Å². The standard InChI is InChI=1S/C21H17ClN2O3/c1-14-7-9-17(22)12-18(14)24-19(25)13-27-20(26)10-8-16-5-2-4-15-6-3-11-23-21(15)16/h2-12H,13H2,1H3,(H,24,25)/b10-8+. The second-order valence-electron chi connectivity index (χ2n) is 5.87. The minimum atomic E-state index is -0.610. The molecular formula is C21H17ClN2O3. The van der Waals surface area contributed by atoms with Gasteiger partial charge in [-0.3, -0.25) is 9.78 Å². The lowest BCUT2D eigenvalue weighted by molar-refractivity contribution is -0.142. The van der Waals surface area contributed by atoms with E-state index in [1.165, 1.54) is 6.08 Å². The smallest absolute Gasteiger partial charge is 0.331 e. The predicted octanol–water partition coefficient (Wildman–Crippen LogP) is 4.39. The third kappa shape index (κ3) is 4.92. The second-order valence-corrected chi connectivity index (χ2v) is 6.31. The van der Waals surface area contributed by atoms with E-state index in [-0.39, 0.29) is 6.61 Å². The molecule has 0 bridgehead atoms. The number of carbonyl (C=O) groups excluding carboxylic acids is 2. The van der Waals surface area contributed by atoms with Gasteiger partial charge in [0.1, 0.15) is 0 Å². The van der Waals surface area contributed by atoms with Gasteiger partial charge in [-0.2, -0.15) is 0 Å². The molecule has 0 saturated carbocycles. The molecule has 27 heavy (non-hydrogen) atoms. The van der Waals surface area contributed by atoms with E-state index in [2.05, 4.69) is 10.3 Å². The van der Waals surface area contributed by atoms with Gasteiger partial charge in [0.05, 0.1) is 5.52 Å². The lowest BCUT2D eigenvalue weighted by atomic mass is 10.1. The molecule has 5 nitrogen and oxygen atoms in total. The molecule has 0 saturated heterocycles. The Morgan fingerprint density at radius 3 is 2.85 bits per heavy atom. The number of benzene rings is 2. The maximum absolute atomic E-state index is 12.0. The molecule has 0 aliphatic heterocycles. The Morgan fingerprint density at radius 1 is 1.19 bits per heavy atom. The molecule has 6 heteroatoms. The lowest BCUT2D eigenvalue weighted by Crippen LogP contribution is -2.20. The first-order valence-electron chi connectivity index (χ1n) is 8.27. The first-order chi connectivity index (χ1) is 13.0. The number of nitrogens with zero attached hydrogens (tertiary/aromatic N) is 1. The van der Waals surface area contributed by atoms with Crippen LogP contribution in [0, 0.1) is 6.92 Å². The van der Waals surface area contributed by atoms with Gasteiger partial charge in [0.2, 0.25) is 0 Å². The molecule has 3 rings (SSSR count). The first-order valence-corrected chi connectivity index (χ1v) is 8.65. The average molecular weight is 381 g/mol. The quantitative estimate of drug-likeness (QED) is 0.526. The fourth-order valence-corrected chi connectivity index (χ4v) is 2.69. The molecule has 1 heterocycles. The summed E-state index contributed by atoms with van der Waals surface area (Å²) in [6, 6.07) is 14.7. The lowest BCUT2D eigenvalue weighted by Gasteiger charge is -2.08. The number of anilines is 1. The highest BCUT2D eigenvalue weighted by molar-refractivity contribution is 6.31. The van der Waals surface area contributed by atoms with E-state index in [0.717, 1.165) is 22.0 Å². The van der Waals surface area contributed by atoms with Crippen LogP contribution >= 0.6 is 11.6 Å². The highest BCUT2D eigenvalue weighted by Crippen LogP contribution is 2.20. The summed E-state index contributed by atoms with van der Waals surface area (Å²) < 4.78 is 4.99. The molecular weight excluding hydrogens is 364 g/mol. The number of amides is 1. The van der Waals surface area contributed by atoms with Crippen molar-refractivity contribution in [3.05, 3.63) is 77.0 Å². The van der Waals surface area contributed by atoms with Gasteiger partial charge in [0, 0.05) is 33.9 Å². The number of nitrogens with one attached hydrogen (secondary N) is 1. The second kappa shape index (κ2) is 8.47. The Hall–Kier alpha value is -3.18. The first kappa shape index (κ1) is 18.6. The summed E-state index contributed by atoms with van der Waals surface area (Å²) in [5, 5.41) is 4.16. The van der Waals surface area contributed by atoms with Crippen molar-refractivity contribution < 1.29 is 14.3 Å². The minimum absolute atomic E-state index is 0.386. The van der Waals surface area contributed by atoms with Crippen LogP contribution < -0.4 is 5.32 Å². The Bertz CT molecular complexity index is 1030. The molecule has 1 amide bonds. The molecule has 2 aromatic carbocycles. The van der Waals surface area contributed by atoms with Crippen molar-refractivity contribution in [2.75, 3.05) is 11.9 Å². The number of pyridine rings is 1. The molecule has 3 aromatic rings. The zero-order valence-corrected chi connectivity index (χ0v) is 15.4. The summed E-state index contributed by atoms with van der Waals surface area (Å²) in [4.78, 5) is 28.2. The predicted molar refractivity (Wildman–Crippen MR) is 107 cm³/mol. The van der Waals surface area contributed by atoms with Crippen LogP contribution in [0.2, 0.25) is 5.02 Å². The van der Waals surface area contributed by atoms with Crippen LogP contribution in [0.5, 0.6) is 0 Å². The number of ether oxygens (including phenoxy) is 1. The molecule has 0 radical (unpaired) electrons. The van der Waals surface area contributed by atoms with Crippen molar-refractivity contribution in [3.8, 4) is 0 Å². The summed E-state index contributed by atoms with van der Waals surface area (Å²) >= 11 is 5.92. The third-order valence-electron chi connectivity index (χ3n) is 3.88. The number of esters is 1. The van der Waals surface area contributed by atoms with Crippen molar-refractivity contribution in [1.29, 1.82) is 0 Å². The van der Waals surface area contributed by atoms with Gasteiger partial charge in [-0.1, -0.05) is 41.9 Å². The van der Waals surface area contributed by atoms with Gasteiger partial charge in [-0.15, -0.1) is 0 Å². The van der Waals surface area contributed by atoms with Crippen molar-refractivity contribution >= 4 is 46.1 Å². The molecule has 0 unspecified atom stereocenters. The largest absolute Gasteiger partial charge is 0.452 e. The molecule has 136 valence electrons. The third-order valence-corrected chi connectivity index (χ3v) is 4.12. The Balaban J connectivity index is 1.58. The number of para-hydroxylation sites is 1. The van der Waals surface area contributed by atoms with E-state index in [1.54, 1.807) is 30.5 Å². The van der Waals surface area contributed by atoms with Crippen molar-refractivity contribution in [2.24, 2.45) is 0 Å². The van der Waals surface area contributed by atoms with Gasteiger partial charge in [0.15, 0.2) is 6.61 Å². The van der Waals surface area contributed by atoms with Crippen molar-refractivity contribution in [2.45, 2.75) is 6.92 Å². The Morgan fingerprint density at radius 2 is 2.00 bits per heavy atom. The number of fused-ring (bicyclic) bond motifs is 1. The maximum atomic E-state index is 12.0. The Kier molecular flexibility index (Phi) is 5.84. The number of aryl methyl sites for hydroxylation is 1. The Labute approximate surface area is 161 Å². The SMILES string of the molecule is Cc1ccc(Cl)cc1NC(=O)COC(=O)/C=C/c1cccc2cccnc12. The topological polar surface area (TPSA) is 68.3 Å². The maximum Gasteiger partial charge on any atom is 0.331 e. The fourth-order valence-electron chi connectivity index (χ4n) is 2.52. The highest BCUT2D eigenvalue weighted by atomic mass is 35.5. The summed E-state index contributed by atoms with van der Waals surface area (Å²) in [7, 11) is 0. The van der Waals surface area contributed by atoms with Gasteiger partial charge in [-0.05, 0) is 36.8 Å². The zero-order chi connectivity index (χ0) is 19.2. The number of aromatic nitrogens is 1. The van der Waals surface area contributed by atoms with Crippen LogP contribution in [0.25, 0.3) is 17.0 Å². The van der Waals surface area contributed by atoms with E-state index in [4.69, 9.17) is 16.3 Å². The monoisotopic (exact) mass is 380 g/mol. The van der Waals surface area contributed by atoms with E-state index in [0.29, 0.717) is 10.7 Å². The van der Waals surface area contributed by atoms with Crippen LogP contribution in [0.15, 0.2) is 60.8 Å². The normalized spacial score (nSPS) is 10.9. The number of carbonyl (C=O) groups is 2. The molecule has 1 N–H and O–H groups in total. The molecule has 0 atom stereocenters. The molecule has 0 aliphatic rings. The summed E-state index contributed by atoms with van der Waals surface area (Å²) in [5.74, 6) is -1.05. The average Bonchev–Trinajstić information content (AvgIpc) is 2.67. The van der Waals surface area contributed by atoms with Gasteiger partial charge >= 0.3 is 5.97 Å². The number of halogens is 1. The molecule has 0 fully saturated rings. The summed E-state index contributed by atoms with van der Waals surface area (Å²) in [6.07, 6.45) is 4.60. The molecule has 0 spiro atoms. The van der Waals surface area contributed by atoms with Crippen molar-refractivity contribution in [1.82, 2.24) is 4.98 Å². The number of rotatable bonds is 5. The molecule has 1 aromatic heterocycles.